The molecule has 0 radical (unpaired) electrons. The first-order valence-electron chi connectivity index (χ1n) is 7.84. The van der Waals surface area contributed by atoms with Gasteiger partial charge in [-0.1, -0.05) is 0 Å². The fourth-order valence-electron chi connectivity index (χ4n) is 2.78. The summed E-state index contributed by atoms with van der Waals surface area (Å²) >= 11 is 0. The highest BCUT2D eigenvalue weighted by atomic mass is 16.6. The summed E-state index contributed by atoms with van der Waals surface area (Å²) in [6.07, 6.45) is 1.21. The number of nitrogens with zero attached hydrogens (tertiary/aromatic N) is 2. The van der Waals surface area contributed by atoms with E-state index >= 15 is 0 Å². The molecule has 2 aliphatic rings. The molecule has 0 aromatic carbocycles. The fraction of sp³-hybridized carbons (Fsp3) is 0.867. The maximum Gasteiger partial charge on any atom is 0.410 e. The first-order valence-corrected chi connectivity index (χ1v) is 7.84. The third-order valence-corrected chi connectivity index (χ3v) is 3.92. The van der Waals surface area contributed by atoms with Gasteiger partial charge < -0.3 is 19.9 Å². The molecule has 0 aliphatic carbocycles. The lowest BCUT2D eigenvalue weighted by atomic mass is 9.95. The van der Waals surface area contributed by atoms with Crippen LogP contribution >= 0.6 is 0 Å². The van der Waals surface area contributed by atoms with Crippen LogP contribution in [-0.4, -0.2) is 66.7 Å². The molecule has 2 aliphatic heterocycles. The average molecular weight is 297 g/mol. The van der Waals surface area contributed by atoms with Crippen molar-refractivity contribution in [3.63, 3.8) is 0 Å². The number of likely N-dealkylation sites (tertiary alicyclic amines) is 1. The molecule has 1 N–H and O–H groups in total. The summed E-state index contributed by atoms with van der Waals surface area (Å²) in [5.41, 5.74) is -0.468. The Labute approximate surface area is 126 Å². The zero-order chi connectivity index (χ0) is 15.5. The van der Waals surface area contributed by atoms with Gasteiger partial charge in [-0.3, -0.25) is 4.79 Å². The maximum absolute atomic E-state index is 12.4. The zero-order valence-corrected chi connectivity index (χ0v) is 13.4. The van der Waals surface area contributed by atoms with Crippen molar-refractivity contribution >= 4 is 12.0 Å². The molecule has 2 heterocycles. The van der Waals surface area contributed by atoms with Crippen LogP contribution in [0.3, 0.4) is 0 Å². The van der Waals surface area contributed by atoms with Gasteiger partial charge in [-0.2, -0.15) is 0 Å². The topological polar surface area (TPSA) is 61.9 Å². The minimum Gasteiger partial charge on any atom is -0.444 e. The zero-order valence-electron chi connectivity index (χ0n) is 13.4. The first kappa shape index (κ1) is 16.1. The molecule has 2 saturated heterocycles. The maximum atomic E-state index is 12.4. The Morgan fingerprint density at radius 1 is 1.00 bits per heavy atom. The lowest BCUT2D eigenvalue weighted by molar-refractivity contribution is -0.137. The molecule has 21 heavy (non-hydrogen) atoms. The quantitative estimate of drug-likeness (QED) is 0.786. The second-order valence-corrected chi connectivity index (χ2v) is 6.82. The Morgan fingerprint density at radius 2 is 1.57 bits per heavy atom. The van der Waals surface area contributed by atoms with Crippen LogP contribution in [0.2, 0.25) is 0 Å². The molecule has 0 atom stereocenters. The average Bonchev–Trinajstić information content (AvgIpc) is 2.46. The second-order valence-electron chi connectivity index (χ2n) is 6.82. The molecule has 0 spiro atoms. The van der Waals surface area contributed by atoms with Crippen molar-refractivity contribution in [1.82, 2.24) is 15.1 Å². The van der Waals surface area contributed by atoms with Crippen molar-refractivity contribution in [2.24, 2.45) is 5.92 Å². The Balaban J connectivity index is 1.80. The molecule has 0 aromatic heterocycles. The van der Waals surface area contributed by atoms with Gasteiger partial charge in [0.15, 0.2) is 0 Å². The van der Waals surface area contributed by atoms with Gasteiger partial charge >= 0.3 is 6.09 Å². The van der Waals surface area contributed by atoms with Gasteiger partial charge in [0, 0.05) is 45.2 Å². The minimum absolute atomic E-state index is 0.0572. The van der Waals surface area contributed by atoms with E-state index in [-0.39, 0.29) is 17.9 Å². The smallest absolute Gasteiger partial charge is 0.410 e. The highest BCUT2D eigenvalue weighted by Crippen LogP contribution is 2.21. The third kappa shape index (κ3) is 4.59. The number of rotatable bonds is 1. The minimum atomic E-state index is -0.468. The van der Waals surface area contributed by atoms with Gasteiger partial charge in [0.1, 0.15) is 5.60 Å². The number of ether oxygens (including phenoxy) is 1. The van der Waals surface area contributed by atoms with Crippen molar-refractivity contribution in [2.75, 3.05) is 39.3 Å². The molecule has 6 heteroatoms. The van der Waals surface area contributed by atoms with Crippen molar-refractivity contribution in [2.45, 2.75) is 39.2 Å². The lowest BCUT2D eigenvalue weighted by Gasteiger charge is -2.36. The summed E-state index contributed by atoms with van der Waals surface area (Å²) in [6.45, 7) is 10.2. The number of hydrogen-bond donors (Lipinski definition) is 1. The molecule has 2 fully saturated rings. The molecule has 0 bridgehead atoms. The first-order chi connectivity index (χ1) is 9.87. The monoisotopic (exact) mass is 297 g/mol. The molecular formula is C15H27N3O3. The highest BCUT2D eigenvalue weighted by molar-refractivity contribution is 5.79. The number of piperidine rings is 1. The van der Waals surface area contributed by atoms with E-state index in [1.54, 1.807) is 4.90 Å². The largest absolute Gasteiger partial charge is 0.444 e. The van der Waals surface area contributed by atoms with E-state index in [1.165, 1.54) is 0 Å². The lowest BCUT2D eigenvalue weighted by Crippen LogP contribution is -2.50. The summed E-state index contributed by atoms with van der Waals surface area (Å²) < 4.78 is 5.37. The molecule has 120 valence electrons. The number of hydrogen-bond acceptors (Lipinski definition) is 4. The van der Waals surface area contributed by atoms with E-state index in [0.717, 1.165) is 39.0 Å². The number of nitrogens with one attached hydrogen (secondary N) is 1. The van der Waals surface area contributed by atoms with Gasteiger partial charge in [-0.15, -0.1) is 0 Å². The van der Waals surface area contributed by atoms with Gasteiger partial charge in [0.25, 0.3) is 0 Å². The van der Waals surface area contributed by atoms with Crippen molar-refractivity contribution in [3.05, 3.63) is 0 Å². The summed E-state index contributed by atoms with van der Waals surface area (Å²) in [5.74, 6) is 0.308. The van der Waals surface area contributed by atoms with Crippen LogP contribution in [0.4, 0.5) is 4.79 Å². The molecule has 6 nitrogen and oxygen atoms in total. The van der Waals surface area contributed by atoms with Crippen LogP contribution < -0.4 is 5.32 Å². The van der Waals surface area contributed by atoms with Gasteiger partial charge in [0.2, 0.25) is 5.91 Å². The van der Waals surface area contributed by atoms with Gasteiger partial charge in [-0.25, -0.2) is 4.79 Å². The second kappa shape index (κ2) is 6.64. The van der Waals surface area contributed by atoms with E-state index in [9.17, 15) is 9.59 Å². The predicted octanol–water partition coefficient (Wildman–Crippen LogP) is 1.07. The van der Waals surface area contributed by atoms with Gasteiger partial charge in [0.05, 0.1) is 0 Å². The van der Waals surface area contributed by atoms with Crippen molar-refractivity contribution < 1.29 is 14.3 Å². The summed E-state index contributed by atoms with van der Waals surface area (Å²) in [5, 5.41) is 3.25. The third-order valence-electron chi connectivity index (χ3n) is 3.92. The SMILES string of the molecule is CC(C)(C)OC(=O)N1CCC(C(=O)N2CCNCC2)CC1. The number of carbonyl (C=O) groups excluding carboxylic acids is 2. The highest BCUT2D eigenvalue weighted by Gasteiger charge is 2.32. The van der Waals surface area contributed by atoms with E-state index < -0.39 is 5.60 Å². The summed E-state index contributed by atoms with van der Waals surface area (Å²) in [7, 11) is 0. The molecular weight excluding hydrogens is 270 g/mol. The van der Waals surface area contributed by atoms with Crippen LogP contribution in [0.15, 0.2) is 0 Å². The predicted molar refractivity (Wildman–Crippen MR) is 80.0 cm³/mol. The van der Waals surface area contributed by atoms with E-state index in [4.69, 9.17) is 4.74 Å². The van der Waals surface area contributed by atoms with E-state index in [1.807, 2.05) is 25.7 Å². The van der Waals surface area contributed by atoms with Gasteiger partial charge in [-0.05, 0) is 33.6 Å². The Bertz CT molecular complexity index is 378. The normalized spacial score (nSPS) is 21.3. The molecule has 0 aromatic rings. The fourth-order valence-corrected chi connectivity index (χ4v) is 2.78. The van der Waals surface area contributed by atoms with Crippen molar-refractivity contribution in [3.8, 4) is 0 Å². The van der Waals surface area contributed by atoms with Crippen LogP contribution in [0.25, 0.3) is 0 Å². The standard InChI is InChI=1S/C15H27N3O3/c1-15(2,3)21-14(20)18-8-4-12(5-9-18)13(19)17-10-6-16-7-11-17/h12,16H,4-11H2,1-3H3. The Hall–Kier alpha value is -1.30. The molecule has 2 rings (SSSR count). The van der Waals surface area contributed by atoms with Crippen LogP contribution in [0, 0.1) is 5.92 Å². The molecule has 2 amide bonds. The number of piperazine rings is 1. The van der Waals surface area contributed by atoms with Crippen molar-refractivity contribution in [1.29, 1.82) is 0 Å². The van der Waals surface area contributed by atoms with Crippen LogP contribution in [-0.2, 0) is 9.53 Å². The van der Waals surface area contributed by atoms with Crippen LogP contribution in [0.1, 0.15) is 33.6 Å². The Morgan fingerprint density at radius 3 is 2.10 bits per heavy atom. The number of carbonyl (C=O) groups is 2. The molecule has 0 saturated carbocycles. The van der Waals surface area contributed by atoms with E-state index in [2.05, 4.69) is 5.32 Å². The summed E-state index contributed by atoms with van der Waals surface area (Å²) in [6, 6.07) is 0. The van der Waals surface area contributed by atoms with Crippen LogP contribution in [0.5, 0.6) is 0 Å². The molecule has 0 unspecified atom stereocenters. The Kier molecular flexibility index (Phi) is 5.08. The number of amides is 2. The van der Waals surface area contributed by atoms with E-state index in [0.29, 0.717) is 13.1 Å². The summed E-state index contributed by atoms with van der Waals surface area (Å²) in [4.78, 5) is 28.1.